The monoisotopic (exact) mass is 293 g/mol. The molecule has 0 amide bonds. The number of hydrogen-bond acceptors (Lipinski definition) is 0. The molecule has 0 aromatic carbocycles. The lowest BCUT2D eigenvalue weighted by atomic mass is 10.1. The molecular formula is C19H37N2+. The Hall–Kier alpha value is -0.790. The molecule has 1 aromatic rings. The van der Waals surface area contributed by atoms with Gasteiger partial charge in [0.1, 0.15) is 12.4 Å². The molecule has 0 aliphatic heterocycles. The van der Waals surface area contributed by atoms with Crippen molar-refractivity contribution >= 4 is 0 Å². The van der Waals surface area contributed by atoms with Crippen molar-refractivity contribution in [1.82, 2.24) is 4.57 Å². The first-order valence-electron chi connectivity index (χ1n) is 9.29. The highest BCUT2D eigenvalue weighted by Crippen LogP contribution is 2.13. The summed E-state index contributed by atoms with van der Waals surface area (Å²) < 4.78 is 4.96. The molecule has 0 atom stereocenters. The molecule has 0 aliphatic carbocycles. The van der Waals surface area contributed by atoms with Gasteiger partial charge in [-0.25, -0.2) is 9.13 Å². The van der Waals surface area contributed by atoms with Gasteiger partial charge in [0.2, 0.25) is 0 Å². The molecule has 0 unspecified atom stereocenters. The van der Waals surface area contributed by atoms with Crippen LogP contribution in [0.25, 0.3) is 0 Å². The van der Waals surface area contributed by atoms with Gasteiger partial charge < -0.3 is 0 Å². The second kappa shape index (κ2) is 10.9. The molecule has 1 rings (SSSR count). The zero-order valence-electron chi connectivity index (χ0n) is 14.9. The first kappa shape index (κ1) is 18.3. The van der Waals surface area contributed by atoms with E-state index in [-0.39, 0.29) is 0 Å². The Kier molecular flexibility index (Phi) is 9.45. The fraction of sp³-hybridized carbons (Fsp3) is 0.842. The van der Waals surface area contributed by atoms with Gasteiger partial charge in [-0.05, 0) is 19.3 Å². The zero-order chi connectivity index (χ0) is 15.5. The fourth-order valence-electron chi connectivity index (χ4n) is 3.09. The Morgan fingerprint density at radius 2 is 1.52 bits per heavy atom. The summed E-state index contributed by atoms with van der Waals surface area (Å²) in [5.74, 6) is 2.12. The summed E-state index contributed by atoms with van der Waals surface area (Å²) in [7, 11) is 0. The number of imidazole rings is 1. The first-order chi connectivity index (χ1) is 10.2. The molecule has 1 heterocycles. The van der Waals surface area contributed by atoms with E-state index in [1.807, 2.05) is 0 Å². The quantitative estimate of drug-likeness (QED) is 0.358. The summed E-state index contributed by atoms with van der Waals surface area (Å²) in [6, 6.07) is 0. The van der Waals surface area contributed by atoms with Gasteiger partial charge in [-0.3, -0.25) is 0 Å². The van der Waals surface area contributed by atoms with Crippen molar-refractivity contribution in [3.8, 4) is 0 Å². The summed E-state index contributed by atoms with van der Waals surface area (Å²) in [6.07, 6.45) is 16.9. The van der Waals surface area contributed by atoms with Crippen LogP contribution in [0.4, 0.5) is 0 Å². The summed E-state index contributed by atoms with van der Waals surface area (Å²) in [4.78, 5) is 0. The first-order valence-corrected chi connectivity index (χ1v) is 9.29. The lowest BCUT2D eigenvalue weighted by molar-refractivity contribution is -0.705. The van der Waals surface area contributed by atoms with Crippen LogP contribution < -0.4 is 4.57 Å². The van der Waals surface area contributed by atoms with Crippen molar-refractivity contribution in [2.24, 2.45) is 0 Å². The van der Waals surface area contributed by atoms with Crippen LogP contribution in [0.1, 0.15) is 97.2 Å². The Morgan fingerprint density at radius 1 is 0.905 bits per heavy atom. The molecule has 0 saturated heterocycles. The lowest BCUT2D eigenvalue weighted by Crippen LogP contribution is -2.38. The second-order valence-electron chi connectivity index (χ2n) is 6.67. The van der Waals surface area contributed by atoms with Crippen LogP contribution in [-0.4, -0.2) is 4.57 Å². The van der Waals surface area contributed by atoms with Gasteiger partial charge in [-0.1, -0.05) is 66.2 Å². The number of hydrogen-bond donors (Lipinski definition) is 0. The zero-order valence-corrected chi connectivity index (χ0v) is 14.9. The molecule has 0 N–H and O–H groups in total. The van der Waals surface area contributed by atoms with E-state index in [0.29, 0.717) is 5.92 Å². The van der Waals surface area contributed by atoms with E-state index in [2.05, 4.69) is 49.2 Å². The lowest BCUT2D eigenvalue weighted by Gasteiger charge is -2.08. The number of unbranched alkanes of at least 4 members (excludes halogenated alkanes) is 7. The Morgan fingerprint density at radius 3 is 2.14 bits per heavy atom. The molecular weight excluding hydrogens is 256 g/mol. The Balaban J connectivity index is 2.38. The van der Waals surface area contributed by atoms with E-state index in [1.54, 1.807) is 0 Å². The third-order valence-electron chi connectivity index (χ3n) is 4.29. The van der Waals surface area contributed by atoms with Crippen molar-refractivity contribution in [3.63, 3.8) is 0 Å². The van der Waals surface area contributed by atoms with Gasteiger partial charge >= 0.3 is 0 Å². The summed E-state index contributed by atoms with van der Waals surface area (Å²) in [5, 5.41) is 0. The van der Waals surface area contributed by atoms with Crippen molar-refractivity contribution in [3.05, 3.63) is 18.2 Å². The minimum absolute atomic E-state index is 0.612. The van der Waals surface area contributed by atoms with Gasteiger partial charge in [0.05, 0.1) is 19.0 Å². The molecule has 21 heavy (non-hydrogen) atoms. The third-order valence-corrected chi connectivity index (χ3v) is 4.29. The molecule has 0 saturated carbocycles. The summed E-state index contributed by atoms with van der Waals surface area (Å²) >= 11 is 0. The summed E-state index contributed by atoms with van der Waals surface area (Å²) in [5.41, 5.74) is 0. The maximum Gasteiger partial charge on any atom is 0.258 e. The van der Waals surface area contributed by atoms with Crippen molar-refractivity contribution in [2.75, 3.05) is 0 Å². The molecule has 0 bridgehead atoms. The summed E-state index contributed by atoms with van der Waals surface area (Å²) in [6.45, 7) is 11.6. The molecule has 0 aliphatic rings. The maximum absolute atomic E-state index is 2.49. The topological polar surface area (TPSA) is 8.81 Å². The minimum atomic E-state index is 0.612. The molecule has 2 heteroatoms. The van der Waals surface area contributed by atoms with Crippen molar-refractivity contribution < 1.29 is 4.57 Å². The van der Waals surface area contributed by atoms with Gasteiger partial charge in [0.15, 0.2) is 0 Å². The average molecular weight is 294 g/mol. The number of aryl methyl sites for hydroxylation is 2. The Bertz CT molecular complexity index is 366. The number of rotatable bonds is 12. The van der Waals surface area contributed by atoms with Crippen LogP contribution in [0.3, 0.4) is 0 Å². The van der Waals surface area contributed by atoms with E-state index < -0.39 is 0 Å². The average Bonchev–Trinajstić information content (AvgIpc) is 2.87. The normalized spacial score (nSPS) is 11.5. The van der Waals surface area contributed by atoms with Crippen molar-refractivity contribution in [2.45, 2.75) is 104 Å². The highest BCUT2D eigenvalue weighted by molar-refractivity contribution is 4.89. The highest BCUT2D eigenvalue weighted by atomic mass is 15.1. The molecule has 0 radical (unpaired) electrons. The standard InChI is InChI=1S/C19H37N2/c1-5-7-9-10-11-12-13-15-21-17-16-20(14-8-6-2)19(21)18(3)4/h16-18H,5-15H2,1-4H3/q+1. The number of aromatic nitrogens is 2. The maximum atomic E-state index is 2.49. The molecule has 0 fully saturated rings. The van der Waals surface area contributed by atoms with Crippen LogP contribution in [-0.2, 0) is 13.1 Å². The second-order valence-corrected chi connectivity index (χ2v) is 6.67. The van der Waals surface area contributed by atoms with Crippen LogP contribution >= 0.6 is 0 Å². The SMILES string of the molecule is CCCCCCCCCn1cc[n+](CCCC)c1C(C)C. The van der Waals surface area contributed by atoms with E-state index in [4.69, 9.17) is 0 Å². The number of nitrogens with zero attached hydrogens (tertiary/aromatic N) is 2. The van der Waals surface area contributed by atoms with E-state index >= 15 is 0 Å². The van der Waals surface area contributed by atoms with Gasteiger partial charge in [0, 0.05) is 0 Å². The Labute approximate surface area is 132 Å². The molecule has 1 aromatic heterocycles. The van der Waals surface area contributed by atoms with Gasteiger partial charge in [0.25, 0.3) is 5.82 Å². The predicted molar refractivity (Wildman–Crippen MR) is 91.6 cm³/mol. The fourth-order valence-corrected chi connectivity index (χ4v) is 3.09. The molecule has 0 spiro atoms. The molecule has 2 nitrogen and oxygen atoms in total. The molecule has 122 valence electrons. The minimum Gasteiger partial charge on any atom is -0.234 e. The van der Waals surface area contributed by atoms with Crippen LogP contribution in [0.2, 0.25) is 0 Å². The van der Waals surface area contributed by atoms with Gasteiger partial charge in [-0.15, -0.1) is 0 Å². The third kappa shape index (κ3) is 6.67. The van der Waals surface area contributed by atoms with E-state index in [9.17, 15) is 0 Å². The van der Waals surface area contributed by atoms with Crippen molar-refractivity contribution in [1.29, 1.82) is 0 Å². The van der Waals surface area contributed by atoms with Crippen LogP contribution in [0.5, 0.6) is 0 Å². The highest BCUT2D eigenvalue weighted by Gasteiger charge is 2.19. The predicted octanol–water partition coefficient (Wildman–Crippen LogP) is 5.45. The van der Waals surface area contributed by atoms with Crippen LogP contribution in [0, 0.1) is 0 Å². The van der Waals surface area contributed by atoms with E-state index in [1.165, 1.54) is 76.7 Å². The van der Waals surface area contributed by atoms with Crippen LogP contribution in [0.15, 0.2) is 12.4 Å². The van der Waals surface area contributed by atoms with E-state index in [0.717, 1.165) is 0 Å². The largest absolute Gasteiger partial charge is 0.258 e. The smallest absolute Gasteiger partial charge is 0.234 e. The van der Waals surface area contributed by atoms with Gasteiger partial charge in [-0.2, -0.15) is 0 Å².